The number of nitrogens with two attached hydrogens (primary N) is 1. The number of nitrogens with zero attached hydrogens (tertiary/aromatic N) is 4. The Morgan fingerprint density at radius 1 is 1.04 bits per heavy atom. The van der Waals surface area contributed by atoms with Gasteiger partial charge in [-0.2, -0.15) is 18.3 Å². The van der Waals surface area contributed by atoms with Crippen LogP contribution in [0.3, 0.4) is 0 Å². The molecule has 4 aromatic rings. The number of benzene rings is 1. The molecule has 234 valence electrons. The number of aromatic nitrogens is 4. The number of carbonyl (C=O) groups is 2. The first kappa shape index (κ1) is 30.3. The molecule has 45 heavy (non-hydrogen) atoms. The van der Waals surface area contributed by atoms with Crippen molar-refractivity contribution >= 4 is 40.4 Å². The van der Waals surface area contributed by atoms with Gasteiger partial charge in [-0.25, -0.2) is 9.97 Å². The molecule has 0 radical (unpaired) electrons. The molecule has 2 bridgehead atoms. The van der Waals surface area contributed by atoms with Crippen LogP contribution in [0.2, 0.25) is 0 Å². The lowest BCUT2D eigenvalue weighted by Crippen LogP contribution is -2.39. The van der Waals surface area contributed by atoms with Crippen LogP contribution in [0.4, 0.5) is 24.8 Å². The van der Waals surface area contributed by atoms with E-state index in [2.05, 4.69) is 32.8 Å². The van der Waals surface area contributed by atoms with E-state index in [9.17, 15) is 22.8 Å². The van der Waals surface area contributed by atoms with Gasteiger partial charge in [0.15, 0.2) is 0 Å². The number of carbonyl (C=O) groups excluding carboxylic acids is 2. The van der Waals surface area contributed by atoms with Gasteiger partial charge in [0.05, 0.1) is 22.5 Å². The van der Waals surface area contributed by atoms with E-state index in [4.69, 9.17) is 10.8 Å². The van der Waals surface area contributed by atoms with Gasteiger partial charge in [-0.1, -0.05) is 30.7 Å². The Labute approximate surface area is 258 Å². The molecule has 1 aliphatic carbocycles. The van der Waals surface area contributed by atoms with E-state index in [-0.39, 0.29) is 29.4 Å². The van der Waals surface area contributed by atoms with E-state index in [0.717, 1.165) is 80.8 Å². The fourth-order valence-corrected chi connectivity index (χ4v) is 6.20. The highest BCUT2D eigenvalue weighted by Gasteiger charge is 2.31. The molecule has 1 aromatic carbocycles. The van der Waals surface area contributed by atoms with Crippen molar-refractivity contribution in [2.75, 3.05) is 11.1 Å². The van der Waals surface area contributed by atoms with Crippen LogP contribution in [0, 0.1) is 0 Å². The molecule has 1 saturated carbocycles. The number of halogens is 3. The van der Waals surface area contributed by atoms with Crippen molar-refractivity contribution < 1.29 is 22.8 Å². The quantitative estimate of drug-likeness (QED) is 0.229. The average molecular weight is 618 g/mol. The SMILES string of the molecule is Nc1ncc2c3c1c(-c1ccc(C(=O)Nc4cc(C(F)(F)F)ccn4)cc1)nn3[C@@H]1CCC[C@H](C1)NC(=O)CCCCCC=C2. The highest BCUT2D eigenvalue weighted by Crippen LogP contribution is 2.39. The lowest BCUT2D eigenvalue weighted by molar-refractivity contribution is -0.137. The Hall–Kier alpha value is -4.74. The molecule has 0 spiro atoms. The molecule has 3 aromatic heterocycles. The van der Waals surface area contributed by atoms with Gasteiger partial charge in [-0.15, -0.1) is 0 Å². The fraction of sp³-hybridized carbons (Fsp3) is 0.364. The maximum absolute atomic E-state index is 13.1. The maximum atomic E-state index is 13.1. The first-order valence-corrected chi connectivity index (χ1v) is 15.2. The van der Waals surface area contributed by atoms with Gasteiger partial charge in [-0.05, 0) is 69.2 Å². The minimum absolute atomic E-state index is 0.0318. The van der Waals surface area contributed by atoms with E-state index in [1.807, 2.05) is 4.68 Å². The Morgan fingerprint density at radius 2 is 1.87 bits per heavy atom. The molecule has 0 saturated heterocycles. The molecule has 6 rings (SSSR count). The van der Waals surface area contributed by atoms with Crippen molar-refractivity contribution in [3.8, 4) is 11.3 Å². The molecule has 12 heteroatoms. The van der Waals surface area contributed by atoms with Gasteiger partial charge in [0, 0.05) is 41.5 Å². The molecule has 2 atom stereocenters. The van der Waals surface area contributed by atoms with Gasteiger partial charge in [0.2, 0.25) is 5.91 Å². The van der Waals surface area contributed by atoms with E-state index < -0.39 is 17.6 Å². The molecular formula is C33H34F3N7O2. The standard InChI is InChI=1S/C33H34F3N7O2/c34-33(35,36)23-15-16-38-26(17-23)41-32(45)21-13-11-20(12-14-21)29-28-30-22(19-39-31(28)37)7-4-2-1-3-5-10-27(44)40-24-8-6-9-25(18-24)43(30)42-29/h4,7,11-17,19,24-25H,1-3,5-6,8-10,18H2,(H2,37,39)(H,40,44)(H,38,41,45)/t24-,25-/m1/s1. The number of allylic oxidation sites excluding steroid dienone is 1. The number of nitrogens with one attached hydrogen (secondary N) is 2. The second-order valence-electron chi connectivity index (χ2n) is 11.7. The highest BCUT2D eigenvalue weighted by molar-refractivity contribution is 6.06. The van der Waals surface area contributed by atoms with Crippen LogP contribution in [0.25, 0.3) is 28.2 Å². The van der Waals surface area contributed by atoms with Crippen LogP contribution >= 0.6 is 0 Å². The predicted molar refractivity (Wildman–Crippen MR) is 166 cm³/mol. The van der Waals surface area contributed by atoms with Crippen molar-refractivity contribution in [1.82, 2.24) is 25.1 Å². The summed E-state index contributed by atoms with van der Waals surface area (Å²) < 4.78 is 41.3. The van der Waals surface area contributed by atoms with Gasteiger partial charge in [-0.3, -0.25) is 14.3 Å². The first-order valence-electron chi connectivity index (χ1n) is 15.2. The van der Waals surface area contributed by atoms with E-state index in [0.29, 0.717) is 28.9 Å². The summed E-state index contributed by atoms with van der Waals surface area (Å²) in [5.41, 5.74) is 8.93. The third-order valence-electron chi connectivity index (χ3n) is 8.46. The predicted octanol–water partition coefficient (Wildman–Crippen LogP) is 6.92. The highest BCUT2D eigenvalue weighted by atomic mass is 19.4. The Balaban J connectivity index is 1.35. The van der Waals surface area contributed by atoms with E-state index in [1.54, 1.807) is 30.5 Å². The zero-order valence-electron chi connectivity index (χ0n) is 24.6. The first-order chi connectivity index (χ1) is 21.7. The zero-order valence-corrected chi connectivity index (χ0v) is 24.6. The van der Waals surface area contributed by atoms with Crippen LogP contribution in [-0.4, -0.2) is 37.6 Å². The fourth-order valence-electron chi connectivity index (χ4n) is 6.20. The monoisotopic (exact) mass is 617 g/mol. The van der Waals surface area contributed by atoms with Crippen molar-refractivity contribution in [3.63, 3.8) is 0 Å². The largest absolute Gasteiger partial charge is 0.416 e. The number of nitrogen functional groups attached to an aromatic ring is 1. The second-order valence-corrected chi connectivity index (χ2v) is 11.7. The van der Waals surface area contributed by atoms with Crippen LogP contribution in [0.15, 0.2) is 54.9 Å². The minimum Gasteiger partial charge on any atom is -0.383 e. The Bertz CT molecular complexity index is 1750. The molecule has 0 unspecified atom stereocenters. The average Bonchev–Trinajstić information content (AvgIpc) is 3.43. The Kier molecular flexibility index (Phi) is 8.55. The Morgan fingerprint density at radius 3 is 2.67 bits per heavy atom. The number of anilines is 2. The molecule has 2 amide bonds. The van der Waals surface area contributed by atoms with Crippen LogP contribution < -0.4 is 16.4 Å². The minimum atomic E-state index is -4.55. The van der Waals surface area contributed by atoms with E-state index >= 15 is 0 Å². The molecule has 4 heterocycles. The number of hydrogen-bond donors (Lipinski definition) is 3. The maximum Gasteiger partial charge on any atom is 0.416 e. The molecule has 4 N–H and O–H groups in total. The van der Waals surface area contributed by atoms with Crippen LogP contribution in [0.1, 0.15) is 85.3 Å². The molecular weight excluding hydrogens is 583 g/mol. The third kappa shape index (κ3) is 6.69. The van der Waals surface area contributed by atoms with E-state index in [1.165, 1.54) is 0 Å². The van der Waals surface area contributed by atoms with Crippen molar-refractivity contribution in [2.24, 2.45) is 0 Å². The lowest BCUT2D eigenvalue weighted by atomic mass is 9.90. The third-order valence-corrected chi connectivity index (χ3v) is 8.46. The summed E-state index contributed by atoms with van der Waals surface area (Å²) in [5.74, 6) is -0.365. The topological polar surface area (TPSA) is 128 Å². The number of pyridine rings is 2. The van der Waals surface area contributed by atoms with Gasteiger partial charge < -0.3 is 16.4 Å². The summed E-state index contributed by atoms with van der Waals surface area (Å²) in [6, 6.07) is 8.37. The van der Waals surface area contributed by atoms with Crippen molar-refractivity contribution in [2.45, 2.75) is 76.0 Å². The normalized spacial score (nSPS) is 19.4. The summed E-state index contributed by atoms with van der Waals surface area (Å²) in [5, 5.41) is 11.5. The summed E-state index contributed by atoms with van der Waals surface area (Å²) in [7, 11) is 0. The number of hydrogen-bond acceptors (Lipinski definition) is 6. The molecule has 1 fully saturated rings. The van der Waals surface area contributed by atoms with Gasteiger partial charge >= 0.3 is 6.18 Å². The molecule has 9 nitrogen and oxygen atoms in total. The number of alkyl halides is 3. The summed E-state index contributed by atoms with van der Waals surface area (Å²) >= 11 is 0. The van der Waals surface area contributed by atoms with Crippen LogP contribution in [-0.2, 0) is 11.0 Å². The lowest BCUT2D eigenvalue weighted by Gasteiger charge is -2.30. The number of rotatable bonds is 3. The smallest absolute Gasteiger partial charge is 0.383 e. The van der Waals surface area contributed by atoms with Gasteiger partial charge in [0.25, 0.3) is 5.91 Å². The van der Waals surface area contributed by atoms with Crippen LogP contribution in [0.5, 0.6) is 0 Å². The number of fused-ring (bicyclic) bond motifs is 3. The molecule has 2 aliphatic rings. The summed E-state index contributed by atoms with van der Waals surface area (Å²) in [4.78, 5) is 33.9. The second kappa shape index (κ2) is 12.7. The zero-order chi connectivity index (χ0) is 31.6. The van der Waals surface area contributed by atoms with Gasteiger partial charge in [0.1, 0.15) is 17.3 Å². The molecule has 1 aliphatic heterocycles. The van der Waals surface area contributed by atoms with Crippen molar-refractivity contribution in [3.05, 3.63) is 71.6 Å². The van der Waals surface area contributed by atoms with Crippen molar-refractivity contribution in [1.29, 1.82) is 0 Å². The summed E-state index contributed by atoms with van der Waals surface area (Å²) in [6.07, 6.45) is 10.2. The summed E-state index contributed by atoms with van der Waals surface area (Å²) in [6.45, 7) is 0. The number of amides is 2.